The number of fused-ring (bicyclic) bond motifs is 1. The molecule has 0 saturated carbocycles. The number of anilines is 1. The molecule has 1 aliphatic heterocycles. The fourth-order valence-electron chi connectivity index (χ4n) is 3.06. The number of aromatic nitrogens is 1. The van der Waals surface area contributed by atoms with E-state index >= 15 is 0 Å². The summed E-state index contributed by atoms with van der Waals surface area (Å²) in [6.45, 7) is 0.410. The standard InChI is InChI=1S/C21H18N2O2/c24-21(18-12-17-4-1-2-7-20(17)25-14-18)23-19-6-3-5-16(13-19)15-8-10-22-11-9-15/h1-11,13,18H,12,14H2,(H,23,24). The number of nitrogens with one attached hydrogen (secondary N) is 1. The number of rotatable bonds is 3. The zero-order valence-corrected chi connectivity index (χ0v) is 13.7. The van der Waals surface area contributed by atoms with E-state index < -0.39 is 0 Å². The van der Waals surface area contributed by atoms with Crippen LogP contribution in [0.25, 0.3) is 11.1 Å². The van der Waals surface area contributed by atoms with Crippen molar-refractivity contribution in [3.8, 4) is 16.9 Å². The molecule has 2 heterocycles. The molecule has 0 fully saturated rings. The van der Waals surface area contributed by atoms with Gasteiger partial charge in [0.1, 0.15) is 12.4 Å². The van der Waals surface area contributed by atoms with E-state index in [1.54, 1.807) is 12.4 Å². The highest BCUT2D eigenvalue weighted by atomic mass is 16.5. The maximum Gasteiger partial charge on any atom is 0.231 e. The van der Waals surface area contributed by atoms with Gasteiger partial charge in [-0.15, -0.1) is 0 Å². The number of nitrogens with zero attached hydrogens (tertiary/aromatic N) is 1. The molecular formula is C21H18N2O2. The average Bonchev–Trinajstić information content (AvgIpc) is 2.68. The number of carbonyl (C=O) groups excluding carboxylic acids is 1. The summed E-state index contributed by atoms with van der Waals surface area (Å²) in [7, 11) is 0. The van der Waals surface area contributed by atoms with Gasteiger partial charge in [0.05, 0.1) is 5.92 Å². The second-order valence-corrected chi connectivity index (χ2v) is 6.13. The first-order valence-electron chi connectivity index (χ1n) is 8.31. The van der Waals surface area contributed by atoms with Gasteiger partial charge in [0.25, 0.3) is 0 Å². The van der Waals surface area contributed by atoms with Gasteiger partial charge < -0.3 is 10.1 Å². The zero-order chi connectivity index (χ0) is 17.1. The van der Waals surface area contributed by atoms with Gasteiger partial charge in [0.15, 0.2) is 0 Å². The zero-order valence-electron chi connectivity index (χ0n) is 13.7. The van der Waals surface area contributed by atoms with Crippen molar-refractivity contribution in [2.24, 2.45) is 5.92 Å². The largest absolute Gasteiger partial charge is 0.492 e. The third kappa shape index (κ3) is 3.38. The van der Waals surface area contributed by atoms with E-state index in [1.807, 2.05) is 60.7 Å². The van der Waals surface area contributed by atoms with Gasteiger partial charge in [0.2, 0.25) is 5.91 Å². The Balaban J connectivity index is 1.49. The molecule has 1 aliphatic rings. The molecule has 1 unspecified atom stereocenters. The number of pyridine rings is 1. The number of amides is 1. The van der Waals surface area contributed by atoms with Crippen molar-refractivity contribution in [2.45, 2.75) is 6.42 Å². The van der Waals surface area contributed by atoms with Crippen molar-refractivity contribution in [2.75, 3.05) is 11.9 Å². The highest BCUT2D eigenvalue weighted by molar-refractivity contribution is 5.93. The molecule has 0 bridgehead atoms. The maximum absolute atomic E-state index is 12.6. The highest BCUT2D eigenvalue weighted by Gasteiger charge is 2.25. The van der Waals surface area contributed by atoms with Gasteiger partial charge in [-0.2, -0.15) is 0 Å². The summed E-state index contributed by atoms with van der Waals surface area (Å²) in [5.74, 6) is 0.687. The molecule has 1 atom stereocenters. The fraction of sp³-hybridized carbons (Fsp3) is 0.143. The maximum atomic E-state index is 12.6. The van der Waals surface area contributed by atoms with Crippen LogP contribution in [0.4, 0.5) is 5.69 Å². The molecule has 0 aliphatic carbocycles. The highest BCUT2D eigenvalue weighted by Crippen LogP contribution is 2.28. The topological polar surface area (TPSA) is 51.2 Å². The first-order valence-corrected chi connectivity index (χ1v) is 8.31. The monoisotopic (exact) mass is 330 g/mol. The smallest absolute Gasteiger partial charge is 0.231 e. The summed E-state index contributed by atoms with van der Waals surface area (Å²) in [5.41, 5.74) is 3.99. The van der Waals surface area contributed by atoms with Crippen LogP contribution in [0.2, 0.25) is 0 Å². The summed E-state index contributed by atoms with van der Waals surface area (Å²) in [4.78, 5) is 16.7. The van der Waals surface area contributed by atoms with Crippen LogP contribution in [-0.4, -0.2) is 17.5 Å². The Morgan fingerprint density at radius 1 is 1.00 bits per heavy atom. The molecule has 1 amide bonds. The van der Waals surface area contributed by atoms with E-state index in [9.17, 15) is 4.79 Å². The van der Waals surface area contributed by atoms with Crippen molar-refractivity contribution in [3.63, 3.8) is 0 Å². The second kappa shape index (κ2) is 6.77. The lowest BCUT2D eigenvalue weighted by atomic mass is 9.96. The van der Waals surface area contributed by atoms with E-state index in [1.165, 1.54) is 0 Å². The Bertz CT molecular complexity index is 893. The molecule has 1 N–H and O–H groups in total. The van der Waals surface area contributed by atoms with E-state index in [2.05, 4.69) is 10.3 Å². The van der Waals surface area contributed by atoms with Crippen molar-refractivity contribution < 1.29 is 9.53 Å². The number of ether oxygens (including phenoxy) is 1. The van der Waals surface area contributed by atoms with Crippen molar-refractivity contribution in [1.82, 2.24) is 4.98 Å². The van der Waals surface area contributed by atoms with Crippen LogP contribution in [-0.2, 0) is 11.2 Å². The lowest BCUT2D eigenvalue weighted by Gasteiger charge is -2.24. The van der Waals surface area contributed by atoms with Crippen LogP contribution in [0.5, 0.6) is 5.75 Å². The molecule has 4 heteroatoms. The normalized spacial score (nSPS) is 15.8. The molecular weight excluding hydrogens is 312 g/mol. The fourth-order valence-corrected chi connectivity index (χ4v) is 3.06. The van der Waals surface area contributed by atoms with E-state index in [4.69, 9.17) is 4.74 Å². The molecule has 124 valence electrons. The second-order valence-electron chi connectivity index (χ2n) is 6.13. The minimum atomic E-state index is -0.181. The number of para-hydroxylation sites is 1. The van der Waals surface area contributed by atoms with Gasteiger partial charge in [-0.1, -0.05) is 30.3 Å². The molecule has 2 aromatic carbocycles. The summed E-state index contributed by atoms with van der Waals surface area (Å²) < 4.78 is 5.72. The molecule has 0 saturated heterocycles. The van der Waals surface area contributed by atoms with E-state index in [0.29, 0.717) is 13.0 Å². The van der Waals surface area contributed by atoms with Crippen LogP contribution >= 0.6 is 0 Å². The summed E-state index contributed by atoms with van der Waals surface area (Å²) in [6.07, 6.45) is 4.22. The predicted molar refractivity (Wildman–Crippen MR) is 97.4 cm³/mol. The first-order chi connectivity index (χ1) is 12.3. The SMILES string of the molecule is O=C(Nc1cccc(-c2ccncc2)c1)C1COc2ccccc2C1. The summed E-state index contributed by atoms with van der Waals surface area (Å²) in [5, 5.41) is 3.02. The average molecular weight is 330 g/mol. The number of hydrogen-bond donors (Lipinski definition) is 1. The van der Waals surface area contributed by atoms with E-state index in [-0.39, 0.29) is 11.8 Å². The number of hydrogen-bond acceptors (Lipinski definition) is 3. The van der Waals surface area contributed by atoms with Crippen LogP contribution in [0.15, 0.2) is 73.1 Å². The van der Waals surface area contributed by atoms with Crippen LogP contribution in [0.3, 0.4) is 0 Å². The number of benzene rings is 2. The van der Waals surface area contributed by atoms with Crippen LogP contribution < -0.4 is 10.1 Å². The first kappa shape index (κ1) is 15.4. The summed E-state index contributed by atoms with van der Waals surface area (Å²) >= 11 is 0. The van der Waals surface area contributed by atoms with Crippen molar-refractivity contribution in [1.29, 1.82) is 0 Å². The molecule has 25 heavy (non-hydrogen) atoms. The number of carbonyl (C=O) groups is 1. The van der Waals surface area contributed by atoms with Gasteiger partial charge in [0, 0.05) is 18.1 Å². The Labute approximate surface area is 146 Å². The Morgan fingerprint density at radius 3 is 2.72 bits per heavy atom. The Kier molecular flexibility index (Phi) is 4.17. The Morgan fingerprint density at radius 2 is 1.84 bits per heavy atom. The predicted octanol–water partition coefficient (Wildman–Crippen LogP) is 3.94. The molecule has 4 rings (SSSR count). The third-order valence-corrected chi connectivity index (χ3v) is 4.39. The molecule has 1 aromatic heterocycles. The van der Waals surface area contributed by atoms with Crippen LogP contribution in [0.1, 0.15) is 5.56 Å². The van der Waals surface area contributed by atoms with Gasteiger partial charge >= 0.3 is 0 Å². The van der Waals surface area contributed by atoms with Gasteiger partial charge in [-0.05, 0) is 53.4 Å². The minimum absolute atomic E-state index is 0.0126. The van der Waals surface area contributed by atoms with Gasteiger partial charge in [-0.25, -0.2) is 0 Å². The third-order valence-electron chi connectivity index (χ3n) is 4.39. The molecule has 0 radical (unpaired) electrons. The molecule has 3 aromatic rings. The molecule has 4 nitrogen and oxygen atoms in total. The summed E-state index contributed by atoms with van der Waals surface area (Å²) in [6, 6.07) is 19.6. The lowest BCUT2D eigenvalue weighted by molar-refractivity contribution is -0.121. The van der Waals surface area contributed by atoms with E-state index in [0.717, 1.165) is 28.1 Å². The Hall–Kier alpha value is -3.14. The lowest BCUT2D eigenvalue weighted by Crippen LogP contribution is -2.32. The minimum Gasteiger partial charge on any atom is -0.492 e. The quantitative estimate of drug-likeness (QED) is 0.791. The van der Waals surface area contributed by atoms with Gasteiger partial charge in [-0.3, -0.25) is 9.78 Å². The van der Waals surface area contributed by atoms with Crippen LogP contribution in [0, 0.1) is 5.92 Å². The van der Waals surface area contributed by atoms with Crippen molar-refractivity contribution in [3.05, 3.63) is 78.6 Å². The molecule has 0 spiro atoms. The van der Waals surface area contributed by atoms with Crippen molar-refractivity contribution >= 4 is 11.6 Å².